The molecule has 2 rings (SSSR count). The zero-order valence-corrected chi connectivity index (χ0v) is 20.3. The van der Waals surface area contributed by atoms with Crippen LogP contribution in [0.25, 0.3) is 0 Å². The second-order valence-electron chi connectivity index (χ2n) is 6.24. The van der Waals surface area contributed by atoms with Crippen LogP contribution >= 0.6 is 24.0 Å². The van der Waals surface area contributed by atoms with Gasteiger partial charge in [-0.3, -0.25) is 4.99 Å². The van der Waals surface area contributed by atoms with E-state index in [1.807, 2.05) is 31.2 Å². The Hall–Kier alpha value is -2.14. The zero-order valence-electron chi connectivity index (χ0n) is 18.0. The van der Waals surface area contributed by atoms with Gasteiger partial charge in [-0.05, 0) is 31.0 Å². The maximum atomic E-state index is 12.9. The van der Waals surface area contributed by atoms with Gasteiger partial charge in [-0.2, -0.15) is 8.78 Å². The molecule has 0 radical (unpaired) electrons. The Morgan fingerprint density at radius 2 is 1.58 bits per heavy atom. The Kier molecular flexibility index (Phi) is 12.8. The molecule has 0 amide bonds. The van der Waals surface area contributed by atoms with Crippen LogP contribution in [-0.4, -0.2) is 32.8 Å². The highest BCUT2D eigenvalue weighted by molar-refractivity contribution is 14.0. The maximum Gasteiger partial charge on any atom is 0.387 e. The number of nitrogens with zero attached hydrogens (tertiary/aromatic N) is 1. The van der Waals surface area contributed by atoms with Crippen LogP contribution in [0.3, 0.4) is 0 Å². The van der Waals surface area contributed by atoms with Gasteiger partial charge in [-0.15, -0.1) is 24.0 Å². The molecule has 172 valence electrons. The first-order valence-corrected chi connectivity index (χ1v) is 9.87. The van der Waals surface area contributed by atoms with Gasteiger partial charge in [-0.25, -0.2) is 0 Å². The number of hydrogen-bond donors (Lipinski definition) is 2. The number of guanidine groups is 1. The summed E-state index contributed by atoms with van der Waals surface area (Å²) in [5.41, 5.74) is 2.73. The minimum atomic E-state index is -2.94. The topological polar surface area (TPSA) is 64.1 Å². The summed E-state index contributed by atoms with van der Waals surface area (Å²) in [6.45, 7) is 3.12. The van der Waals surface area contributed by atoms with Gasteiger partial charge in [0.05, 0.1) is 13.2 Å². The van der Waals surface area contributed by atoms with E-state index in [4.69, 9.17) is 14.2 Å². The van der Waals surface area contributed by atoms with E-state index in [9.17, 15) is 8.78 Å². The number of aliphatic imine (C=N–C) groups is 1. The summed E-state index contributed by atoms with van der Waals surface area (Å²) in [4.78, 5) is 4.20. The van der Waals surface area contributed by atoms with E-state index in [2.05, 4.69) is 15.6 Å². The molecule has 2 aromatic carbocycles. The molecular weight excluding hydrogens is 519 g/mol. The Labute approximate surface area is 199 Å². The molecule has 2 N–H and O–H groups in total. The largest absolute Gasteiger partial charge is 0.490 e. The number of halogens is 3. The molecule has 0 saturated heterocycles. The molecule has 0 spiro atoms. The molecule has 0 aliphatic rings. The Balaban J connectivity index is 0.00000480. The molecular formula is C22H30F2IN3O3. The second-order valence-corrected chi connectivity index (χ2v) is 6.24. The summed E-state index contributed by atoms with van der Waals surface area (Å²) in [6.07, 6.45) is 0. The number of para-hydroxylation sites is 1. The molecule has 31 heavy (non-hydrogen) atoms. The highest BCUT2D eigenvalue weighted by atomic mass is 127. The summed E-state index contributed by atoms with van der Waals surface area (Å²) < 4.78 is 41.4. The molecule has 0 fully saturated rings. The molecule has 0 unspecified atom stereocenters. The van der Waals surface area contributed by atoms with Crippen LogP contribution in [-0.2, 0) is 24.4 Å². The highest BCUT2D eigenvalue weighted by Crippen LogP contribution is 2.32. The fraction of sp³-hybridized carbons (Fsp3) is 0.409. The minimum Gasteiger partial charge on any atom is -0.490 e. The second kappa shape index (κ2) is 14.8. The molecule has 0 bridgehead atoms. The van der Waals surface area contributed by atoms with Crippen molar-refractivity contribution < 1.29 is 23.0 Å². The van der Waals surface area contributed by atoms with E-state index in [1.165, 1.54) is 0 Å². The molecule has 2 aromatic rings. The van der Waals surface area contributed by atoms with Crippen LogP contribution in [0, 0.1) is 0 Å². The molecule has 9 heteroatoms. The van der Waals surface area contributed by atoms with Gasteiger partial charge in [-0.1, -0.05) is 36.4 Å². The molecule has 6 nitrogen and oxygen atoms in total. The predicted molar refractivity (Wildman–Crippen MR) is 128 cm³/mol. The lowest BCUT2D eigenvalue weighted by Gasteiger charge is -2.17. The lowest BCUT2D eigenvalue weighted by atomic mass is 10.1. The van der Waals surface area contributed by atoms with E-state index in [1.54, 1.807) is 32.2 Å². The summed E-state index contributed by atoms with van der Waals surface area (Å²) in [6, 6.07) is 13.0. The third kappa shape index (κ3) is 8.86. The van der Waals surface area contributed by atoms with Gasteiger partial charge in [0.2, 0.25) is 0 Å². The van der Waals surface area contributed by atoms with Gasteiger partial charge in [0, 0.05) is 32.3 Å². The van der Waals surface area contributed by atoms with Gasteiger partial charge in [0.15, 0.2) is 17.5 Å². The van der Waals surface area contributed by atoms with Crippen molar-refractivity contribution in [2.24, 2.45) is 4.99 Å². The zero-order chi connectivity index (χ0) is 21.8. The van der Waals surface area contributed by atoms with E-state index in [0.717, 1.165) is 11.1 Å². The molecule has 0 heterocycles. The number of ether oxygens (including phenoxy) is 3. The SMILES string of the molecule is CCOCc1ccccc1CNC(=NC)NCc1cccc(OCC)c1OC(F)F.I. The quantitative estimate of drug-likeness (QED) is 0.242. The lowest BCUT2D eigenvalue weighted by Crippen LogP contribution is -2.36. The van der Waals surface area contributed by atoms with Crippen LogP contribution in [0.1, 0.15) is 30.5 Å². The smallest absolute Gasteiger partial charge is 0.387 e. The molecule has 0 aliphatic carbocycles. The third-order valence-corrected chi connectivity index (χ3v) is 4.26. The van der Waals surface area contributed by atoms with E-state index >= 15 is 0 Å². The number of nitrogens with one attached hydrogen (secondary N) is 2. The first-order valence-electron chi connectivity index (χ1n) is 9.87. The van der Waals surface area contributed by atoms with Crippen LogP contribution < -0.4 is 20.1 Å². The first kappa shape index (κ1) is 26.9. The number of alkyl halides is 2. The average Bonchev–Trinajstić information content (AvgIpc) is 2.74. The Morgan fingerprint density at radius 3 is 2.19 bits per heavy atom. The molecule has 0 saturated carbocycles. The van der Waals surface area contributed by atoms with Gasteiger partial charge >= 0.3 is 6.61 Å². The number of hydrogen-bond acceptors (Lipinski definition) is 4. The van der Waals surface area contributed by atoms with Gasteiger partial charge in [0.25, 0.3) is 0 Å². The number of benzene rings is 2. The fourth-order valence-corrected chi connectivity index (χ4v) is 2.85. The van der Waals surface area contributed by atoms with E-state index < -0.39 is 6.61 Å². The van der Waals surface area contributed by atoms with Gasteiger partial charge in [0.1, 0.15) is 0 Å². The van der Waals surface area contributed by atoms with Gasteiger partial charge < -0.3 is 24.8 Å². The van der Waals surface area contributed by atoms with Crippen molar-refractivity contribution in [3.05, 3.63) is 59.2 Å². The van der Waals surface area contributed by atoms with Crippen molar-refractivity contribution in [1.29, 1.82) is 0 Å². The third-order valence-electron chi connectivity index (χ3n) is 4.26. The highest BCUT2D eigenvalue weighted by Gasteiger charge is 2.16. The summed E-state index contributed by atoms with van der Waals surface area (Å²) in [7, 11) is 1.65. The van der Waals surface area contributed by atoms with Crippen molar-refractivity contribution >= 4 is 29.9 Å². The normalized spacial score (nSPS) is 11.1. The standard InChI is InChI=1S/C22H29F2N3O3.HI/c1-4-28-15-18-10-7-6-9-16(18)13-26-22(25-3)27-14-17-11-8-12-19(29-5-2)20(17)30-21(23)24;/h6-12,21H,4-5,13-15H2,1-3H3,(H2,25,26,27);1H. The minimum absolute atomic E-state index is 0. The summed E-state index contributed by atoms with van der Waals surface area (Å²) in [5.74, 6) is 0.843. The predicted octanol–water partition coefficient (Wildman–Crippen LogP) is 4.71. The molecule has 0 aromatic heterocycles. The molecule has 0 aliphatic heterocycles. The van der Waals surface area contributed by atoms with Crippen molar-refractivity contribution in [2.75, 3.05) is 20.3 Å². The van der Waals surface area contributed by atoms with Crippen LogP contribution in [0.4, 0.5) is 8.78 Å². The van der Waals surface area contributed by atoms with Crippen LogP contribution in [0.15, 0.2) is 47.5 Å². The fourth-order valence-electron chi connectivity index (χ4n) is 2.85. The number of rotatable bonds is 11. The van der Waals surface area contributed by atoms with Crippen LogP contribution in [0.2, 0.25) is 0 Å². The van der Waals surface area contributed by atoms with E-state index in [-0.39, 0.29) is 42.0 Å². The Bertz CT molecular complexity index is 822. The molecule has 0 atom stereocenters. The maximum absolute atomic E-state index is 12.9. The van der Waals surface area contributed by atoms with Crippen molar-refractivity contribution in [1.82, 2.24) is 10.6 Å². The van der Waals surface area contributed by atoms with Crippen molar-refractivity contribution in [3.8, 4) is 11.5 Å². The Morgan fingerprint density at radius 1 is 0.935 bits per heavy atom. The van der Waals surface area contributed by atoms with Crippen molar-refractivity contribution in [3.63, 3.8) is 0 Å². The van der Waals surface area contributed by atoms with Crippen molar-refractivity contribution in [2.45, 2.75) is 40.2 Å². The summed E-state index contributed by atoms with van der Waals surface area (Å²) >= 11 is 0. The lowest BCUT2D eigenvalue weighted by molar-refractivity contribution is -0.0520. The monoisotopic (exact) mass is 549 g/mol. The van der Waals surface area contributed by atoms with Crippen LogP contribution in [0.5, 0.6) is 11.5 Å². The summed E-state index contributed by atoms with van der Waals surface area (Å²) in [5, 5.41) is 6.36. The van der Waals surface area contributed by atoms with E-state index in [0.29, 0.717) is 37.9 Å². The first-order chi connectivity index (χ1) is 14.6. The average molecular weight is 549 g/mol.